The molecule has 0 atom stereocenters. The average Bonchev–Trinajstić information content (AvgIpc) is 3.08. The standard InChI is InChI=1S/C18H20O4.C2H6.CH4/c1-12-8-15(10-17(21-2)18(12)22-3)16(20)7-6-13-4-5-14(9-13)11-19;1-2;/h4-8,10,19H,9,11H2,1-3H3;1-2H3;1H4/b7-6+;;. The van der Waals surface area contributed by atoms with Gasteiger partial charge in [-0.25, -0.2) is 0 Å². The zero-order chi connectivity index (χ0) is 18.1. The van der Waals surface area contributed by atoms with E-state index in [1.807, 2.05) is 32.9 Å². The van der Waals surface area contributed by atoms with Gasteiger partial charge in [-0.05, 0) is 48.3 Å². The fourth-order valence-corrected chi connectivity index (χ4v) is 2.40. The lowest BCUT2D eigenvalue weighted by Gasteiger charge is -2.11. The van der Waals surface area contributed by atoms with Crippen LogP contribution in [-0.2, 0) is 0 Å². The second-order valence-corrected chi connectivity index (χ2v) is 5.13. The van der Waals surface area contributed by atoms with Crippen molar-refractivity contribution in [1.29, 1.82) is 0 Å². The second kappa shape index (κ2) is 11.3. The third-order valence-corrected chi connectivity index (χ3v) is 3.57. The Bertz CT molecular complexity index is 667. The molecule has 0 fully saturated rings. The van der Waals surface area contributed by atoms with Gasteiger partial charge in [-0.1, -0.05) is 39.5 Å². The van der Waals surface area contributed by atoms with Crippen LogP contribution in [0.2, 0.25) is 0 Å². The minimum Gasteiger partial charge on any atom is -0.493 e. The molecule has 1 aromatic rings. The van der Waals surface area contributed by atoms with E-state index in [0.29, 0.717) is 23.5 Å². The summed E-state index contributed by atoms with van der Waals surface area (Å²) in [6.45, 7) is 5.93. The van der Waals surface area contributed by atoms with E-state index in [2.05, 4.69) is 0 Å². The minimum atomic E-state index is -0.0950. The number of hydrogen-bond acceptors (Lipinski definition) is 4. The smallest absolute Gasteiger partial charge is 0.185 e. The van der Waals surface area contributed by atoms with E-state index >= 15 is 0 Å². The van der Waals surface area contributed by atoms with E-state index in [1.165, 1.54) is 0 Å². The Hall–Kier alpha value is -2.33. The molecule has 1 aliphatic carbocycles. The molecule has 0 bridgehead atoms. The Morgan fingerprint density at radius 1 is 1.20 bits per heavy atom. The molecule has 25 heavy (non-hydrogen) atoms. The summed E-state index contributed by atoms with van der Waals surface area (Å²) in [4.78, 5) is 12.3. The number of allylic oxidation sites excluding steroid dienone is 5. The minimum absolute atomic E-state index is 0. The van der Waals surface area contributed by atoms with Crippen LogP contribution in [0.1, 0.15) is 43.6 Å². The molecule has 4 nitrogen and oxygen atoms in total. The van der Waals surface area contributed by atoms with Crippen molar-refractivity contribution in [1.82, 2.24) is 0 Å². The number of ketones is 1. The highest BCUT2D eigenvalue weighted by atomic mass is 16.5. The maximum atomic E-state index is 12.3. The van der Waals surface area contributed by atoms with Crippen molar-refractivity contribution in [2.24, 2.45) is 0 Å². The quantitative estimate of drug-likeness (QED) is 0.601. The summed E-state index contributed by atoms with van der Waals surface area (Å²) >= 11 is 0. The predicted molar refractivity (Wildman–Crippen MR) is 104 cm³/mol. The van der Waals surface area contributed by atoms with E-state index < -0.39 is 0 Å². The van der Waals surface area contributed by atoms with Gasteiger partial charge in [0.15, 0.2) is 17.3 Å². The number of aryl methyl sites for hydroxylation is 1. The number of rotatable bonds is 6. The van der Waals surface area contributed by atoms with Crippen LogP contribution in [0.3, 0.4) is 0 Å². The van der Waals surface area contributed by atoms with Crippen LogP contribution >= 0.6 is 0 Å². The van der Waals surface area contributed by atoms with Gasteiger partial charge in [-0.2, -0.15) is 0 Å². The number of benzene rings is 1. The Kier molecular flexibility index (Phi) is 10.2. The maximum absolute atomic E-state index is 12.3. The molecule has 0 radical (unpaired) electrons. The lowest BCUT2D eigenvalue weighted by Crippen LogP contribution is -2.00. The second-order valence-electron chi connectivity index (χ2n) is 5.13. The largest absolute Gasteiger partial charge is 0.493 e. The van der Waals surface area contributed by atoms with Gasteiger partial charge in [0.05, 0.1) is 20.8 Å². The SMILES string of the molecule is C.CC.COc1cc(C(=O)/C=C/C2=CC=C(CO)C2)cc(C)c1OC. The summed E-state index contributed by atoms with van der Waals surface area (Å²) < 4.78 is 10.5. The van der Waals surface area contributed by atoms with Gasteiger partial charge in [0.25, 0.3) is 0 Å². The fraction of sp³-hybridized carbons (Fsp3) is 0.381. The molecular formula is C21H30O4. The first kappa shape index (κ1) is 22.7. The monoisotopic (exact) mass is 346 g/mol. The Labute approximate surface area is 151 Å². The van der Waals surface area contributed by atoms with E-state index in [1.54, 1.807) is 38.5 Å². The van der Waals surface area contributed by atoms with Crippen molar-refractivity contribution in [3.63, 3.8) is 0 Å². The molecule has 0 spiro atoms. The molecular weight excluding hydrogens is 316 g/mol. The van der Waals surface area contributed by atoms with Crippen molar-refractivity contribution in [3.8, 4) is 11.5 Å². The first-order chi connectivity index (χ1) is 11.6. The number of carbonyl (C=O) groups is 1. The first-order valence-electron chi connectivity index (χ1n) is 8.03. The first-order valence-corrected chi connectivity index (χ1v) is 8.03. The molecule has 1 aromatic carbocycles. The number of hydrogen-bond donors (Lipinski definition) is 1. The van der Waals surface area contributed by atoms with E-state index in [4.69, 9.17) is 14.6 Å². The van der Waals surface area contributed by atoms with E-state index in [9.17, 15) is 4.79 Å². The molecule has 0 heterocycles. The molecule has 1 aliphatic rings. The molecule has 1 N–H and O–H groups in total. The third-order valence-electron chi connectivity index (χ3n) is 3.57. The summed E-state index contributed by atoms with van der Waals surface area (Å²) in [5.74, 6) is 1.09. The highest BCUT2D eigenvalue weighted by Gasteiger charge is 2.13. The molecule has 0 aliphatic heterocycles. The Balaban J connectivity index is 0.00000185. The van der Waals surface area contributed by atoms with Crippen molar-refractivity contribution < 1.29 is 19.4 Å². The van der Waals surface area contributed by atoms with Gasteiger partial charge in [0.1, 0.15) is 0 Å². The van der Waals surface area contributed by atoms with Crippen molar-refractivity contribution in [2.75, 3.05) is 20.8 Å². The number of carbonyl (C=O) groups excluding carboxylic acids is 1. The van der Waals surface area contributed by atoms with Gasteiger partial charge < -0.3 is 14.6 Å². The van der Waals surface area contributed by atoms with Gasteiger partial charge >= 0.3 is 0 Å². The zero-order valence-electron chi connectivity index (χ0n) is 15.1. The number of ether oxygens (including phenoxy) is 2. The number of methoxy groups -OCH3 is 2. The van der Waals surface area contributed by atoms with E-state index in [0.717, 1.165) is 16.7 Å². The molecule has 0 amide bonds. The van der Waals surface area contributed by atoms with Crippen molar-refractivity contribution in [3.05, 3.63) is 58.7 Å². The maximum Gasteiger partial charge on any atom is 0.185 e. The van der Waals surface area contributed by atoms with Crippen LogP contribution in [0.4, 0.5) is 0 Å². The van der Waals surface area contributed by atoms with Crippen LogP contribution < -0.4 is 9.47 Å². The van der Waals surface area contributed by atoms with Gasteiger partial charge in [-0.3, -0.25) is 4.79 Å². The summed E-state index contributed by atoms with van der Waals surface area (Å²) in [6, 6.07) is 3.47. The lowest BCUT2D eigenvalue weighted by atomic mass is 10.0. The number of aliphatic hydroxyl groups is 1. The zero-order valence-corrected chi connectivity index (χ0v) is 15.1. The molecule has 4 heteroatoms. The molecule has 0 unspecified atom stereocenters. The molecule has 2 rings (SSSR count). The van der Waals surface area contributed by atoms with E-state index in [-0.39, 0.29) is 19.8 Å². The molecule has 0 saturated heterocycles. The molecule has 0 aromatic heterocycles. The van der Waals surface area contributed by atoms with Crippen LogP contribution in [0.15, 0.2) is 47.6 Å². The Morgan fingerprint density at radius 2 is 1.88 bits per heavy atom. The van der Waals surface area contributed by atoms with Gasteiger partial charge in [0.2, 0.25) is 0 Å². The van der Waals surface area contributed by atoms with Crippen molar-refractivity contribution >= 4 is 5.78 Å². The van der Waals surface area contributed by atoms with Crippen LogP contribution in [0.25, 0.3) is 0 Å². The highest BCUT2D eigenvalue weighted by molar-refractivity contribution is 6.05. The van der Waals surface area contributed by atoms with Crippen LogP contribution in [-0.4, -0.2) is 31.7 Å². The van der Waals surface area contributed by atoms with Crippen molar-refractivity contribution in [2.45, 2.75) is 34.6 Å². The summed E-state index contributed by atoms with van der Waals surface area (Å²) in [7, 11) is 3.12. The molecule has 138 valence electrons. The van der Waals surface area contributed by atoms with Gasteiger partial charge in [0, 0.05) is 5.56 Å². The third kappa shape index (κ3) is 5.91. The Morgan fingerprint density at radius 3 is 2.40 bits per heavy atom. The average molecular weight is 346 g/mol. The highest BCUT2D eigenvalue weighted by Crippen LogP contribution is 2.32. The summed E-state index contributed by atoms with van der Waals surface area (Å²) in [5, 5.41) is 9.06. The van der Waals surface area contributed by atoms with Crippen LogP contribution in [0.5, 0.6) is 11.5 Å². The van der Waals surface area contributed by atoms with Crippen LogP contribution in [0, 0.1) is 6.92 Å². The normalized spacial score (nSPS) is 12.6. The molecule has 0 saturated carbocycles. The van der Waals surface area contributed by atoms with Gasteiger partial charge in [-0.15, -0.1) is 0 Å². The number of aliphatic hydroxyl groups excluding tert-OH is 1. The summed E-state index contributed by atoms with van der Waals surface area (Å²) in [5.41, 5.74) is 3.37. The fourth-order valence-electron chi connectivity index (χ4n) is 2.40. The topological polar surface area (TPSA) is 55.8 Å². The predicted octanol–water partition coefficient (Wildman–Crippen LogP) is 4.66. The summed E-state index contributed by atoms with van der Waals surface area (Å²) in [6.07, 6.45) is 7.80. The lowest BCUT2D eigenvalue weighted by molar-refractivity contribution is 0.104.